The minimum absolute atomic E-state index is 0.419. The lowest BCUT2D eigenvalue weighted by Crippen LogP contribution is -2.06. The monoisotopic (exact) mass is 142 g/mol. The first kappa shape index (κ1) is 9.70. The zero-order valence-electron chi connectivity index (χ0n) is 7.26. The van der Waals surface area contributed by atoms with Gasteiger partial charge >= 0.3 is 0 Å². The maximum absolute atomic E-state index is 5.19. The van der Waals surface area contributed by atoms with Crippen molar-refractivity contribution in [3.8, 4) is 0 Å². The molecular weight excluding hydrogens is 124 g/mol. The van der Waals surface area contributed by atoms with Crippen molar-refractivity contribution < 1.29 is 4.74 Å². The summed E-state index contributed by atoms with van der Waals surface area (Å²) in [5.74, 6) is 0. The number of allylic oxidation sites excluding steroid dienone is 1. The Labute approximate surface area is 64.1 Å². The van der Waals surface area contributed by atoms with Gasteiger partial charge in [0.05, 0.1) is 6.10 Å². The Balaban J connectivity index is 3.34. The summed E-state index contributed by atoms with van der Waals surface area (Å²) < 4.78 is 5.19. The Kier molecular flexibility index (Phi) is 6.61. The van der Waals surface area contributed by atoms with Gasteiger partial charge in [0, 0.05) is 7.11 Å². The highest BCUT2D eigenvalue weighted by molar-refractivity contribution is 4.82. The van der Waals surface area contributed by atoms with Crippen molar-refractivity contribution in [2.24, 2.45) is 0 Å². The molecule has 60 valence electrons. The van der Waals surface area contributed by atoms with Crippen LogP contribution in [0, 0.1) is 0 Å². The zero-order valence-corrected chi connectivity index (χ0v) is 7.26. The topological polar surface area (TPSA) is 9.23 Å². The molecule has 1 nitrogen and oxygen atoms in total. The van der Waals surface area contributed by atoms with Crippen LogP contribution in [-0.4, -0.2) is 13.2 Å². The van der Waals surface area contributed by atoms with Crippen LogP contribution in [0.25, 0.3) is 0 Å². The van der Waals surface area contributed by atoms with Gasteiger partial charge in [0.15, 0.2) is 0 Å². The lowest BCUT2D eigenvalue weighted by molar-refractivity contribution is 0.102. The van der Waals surface area contributed by atoms with Crippen molar-refractivity contribution in [2.45, 2.75) is 39.2 Å². The molecule has 10 heavy (non-hydrogen) atoms. The first-order valence-corrected chi connectivity index (χ1v) is 4.02. The molecule has 0 aromatic heterocycles. The minimum atomic E-state index is 0.419. The number of hydrogen-bond acceptors (Lipinski definition) is 1. The molecule has 0 bridgehead atoms. The third kappa shape index (κ3) is 4.57. The van der Waals surface area contributed by atoms with Crippen LogP contribution in [0.15, 0.2) is 12.2 Å². The SMILES string of the molecule is CC/C=C\CC(CC)OC. The molecule has 0 aliphatic heterocycles. The second-order valence-electron chi connectivity index (χ2n) is 2.38. The van der Waals surface area contributed by atoms with Crippen LogP contribution < -0.4 is 0 Å². The van der Waals surface area contributed by atoms with E-state index in [0.29, 0.717) is 6.10 Å². The van der Waals surface area contributed by atoms with Crippen LogP contribution in [-0.2, 0) is 4.74 Å². The smallest absolute Gasteiger partial charge is 0.0603 e. The first-order valence-electron chi connectivity index (χ1n) is 4.02. The largest absolute Gasteiger partial charge is 0.381 e. The summed E-state index contributed by atoms with van der Waals surface area (Å²) in [6.07, 6.45) is 8.08. The van der Waals surface area contributed by atoms with Gasteiger partial charge in [-0.15, -0.1) is 0 Å². The standard InChI is InChI=1S/C9H18O/c1-4-6-7-8-9(5-2)10-3/h6-7,9H,4-5,8H2,1-3H3/b7-6-. The molecule has 0 N–H and O–H groups in total. The van der Waals surface area contributed by atoms with Crippen molar-refractivity contribution in [3.05, 3.63) is 12.2 Å². The van der Waals surface area contributed by atoms with E-state index < -0.39 is 0 Å². The number of ether oxygens (including phenoxy) is 1. The van der Waals surface area contributed by atoms with Gasteiger partial charge in [-0.1, -0.05) is 26.0 Å². The van der Waals surface area contributed by atoms with Crippen molar-refractivity contribution >= 4 is 0 Å². The van der Waals surface area contributed by atoms with E-state index in [-0.39, 0.29) is 0 Å². The molecular formula is C9H18O. The summed E-state index contributed by atoms with van der Waals surface area (Å²) >= 11 is 0. The number of methoxy groups -OCH3 is 1. The predicted molar refractivity (Wildman–Crippen MR) is 45.1 cm³/mol. The lowest BCUT2D eigenvalue weighted by Gasteiger charge is -2.08. The van der Waals surface area contributed by atoms with Gasteiger partial charge in [-0.3, -0.25) is 0 Å². The fourth-order valence-corrected chi connectivity index (χ4v) is 0.844. The highest BCUT2D eigenvalue weighted by Gasteiger charge is 1.98. The van der Waals surface area contributed by atoms with Crippen LogP contribution in [0.3, 0.4) is 0 Å². The van der Waals surface area contributed by atoms with Crippen molar-refractivity contribution in [1.29, 1.82) is 0 Å². The second kappa shape index (κ2) is 6.81. The number of rotatable bonds is 5. The molecule has 0 aromatic rings. The Morgan fingerprint density at radius 1 is 1.30 bits per heavy atom. The van der Waals surface area contributed by atoms with E-state index in [1.54, 1.807) is 7.11 Å². The molecule has 1 atom stereocenters. The van der Waals surface area contributed by atoms with Gasteiger partial charge in [-0.2, -0.15) is 0 Å². The van der Waals surface area contributed by atoms with E-state index in [0.717, 1.165) is 19.3 Å². The average molecular weight is 142 g/mol. The highest BCUT2D eigenvalue weighted by atomic mass is 16.5. The van der Waals surface area contributed by atoms with Gasteiger partial charge < -0.3 is 4.74 Å². The fourth-order valence-electron chi connectivity index (χ4n) is 0.844. The molecule has 0 aliphatic rings. The van der Waals surface area contributed by atoms with Crippen LogP contribution in [0.4, 0.5) is 0 Å². The third-order valence-electron chi connectivity index (χ3n) is 1.59. The minimum Gasteiger partial charge on any atom is -0.381 e. The molecule has 0 aromatic carbocycles. The molecule has 0 heterocycles. The first-order chi connectivity index (χ1) is 4.85. The molecule has 0 radical (unpaired) electrons. The molecule has 0 spiro atoms. The van der Waals surface area contributed by atoms with Gasteiger partial charge in [0.1, 0.15) is 0 Å². The Morgan fingerprint density at radius 2 is 2.00 bits per heavy atom. The molecule has 0 aliphatic carbocycles. The average Bonchev–Trinajstić information content (AvgIpc) is 1.99. The number of hydrogen-bond donors (Lipinski definition) is 0. The molecule has 0 saturated carbocycles. The van der Waals surface area contributed by atoms with E-state index >= 15 is 0 Å². The van der Waals surface area contributed by atoms with Gasteiger partial charge in [0.25, 0.3) is 0 Å². The van der Waals surface area contributed by atoms with Gasteiger partial charge in [-0.05, 0) is 19.3 Å². The summed E-state index contributed by atoms with van der Waals surface area (Å²) in [4.78, 5) is 0. The van der Waals surface area contributed by atoms with Gasteiger partial charge in [0.2, 0.25) is 0 Å². The summed E-state index contributed by atoms with van der Waals surface area (Å²) in [5.41, 5.74) is 0. The van der Waals surface area contributed by atoms with Crippen molar-refractivity contribution in [3.63, 3.8) is 0 Å². The zero-order chi connectivity index (χ0) is 7.82. The maximum Gasteiger partial charge on any atom is 0.0603 e. The normalized spacial score (nSPS) is 14.3. The van der Waals surface area contributed by atoms with E-state index in [1.807, 2.05) is 0 Å². The summed E-state index contributed by atoms with van der Waals surface area (Å²) in [5, 5.41) is 0. The van der Waals surface area contributed by atoms with Crippen molar-refractivity contribution in [1.82, 2.24) is 0 Å². The van der Waals surface area contributed by atoms with Crippen LogP contribution in [0.1, 0.15) is 33.1 Å². The Hall–Kier alpha value is -0.300. The molecule has 0 fully saturated rings. The molecule has 1 unspecified atom stereocenters. The second-order valence-corrected chi connectivity index (χ2v) is 2.38. The molecule has 1 heteroatoms. The fraction of sp³-hybridized carbons (Fsp3) is 0.778. The summed E-state index contributed by atoms with van der Waals surface area (Å²) in [6, 6.07) is 0. The van der Waals surface area contributed by atoms with Crippen LogP contribution >= 0.6 is 0 Å². The van der Waals surface area contributed by atoms with Crippen molar-refractivity contribution in [2.75, 3.05) is 7.11 Å². The van der Waals surface area contributed by atoms with E-state index in [1.165, 1.54) is 0 Å². The summed E-state index contributed by atoms with van der Waals surface area (Å²) in [7, 11) is 1.77. The quantitative estimate of drug-likeness (QED) is 0.536. The highest BCUT2D eigenvalue weighted by Crippen LogP contribution is 2.02. The third-order valence-corrected chi connectivity index (χ3v) is 1.59. The molecule has 0 rings (SSSR count). The molecule has 0 saturated heterocycles. The Morgan fingerprint density at radius 3 is 2.40 bits per heavy atom. The molecule has 0 amide bonds. The maximum atomic E-state index is 5.19. The van der Waals surface area contributed by atoms with E-state index in [4.69, 9.17) is 4.74 Å². The van der Waals surface area contributed by atoms with E-state index in [2.05, 4.69) is 26.0 Å². The Bertz CT molecular complexity index is 82.7. The van der Waals surface area contributed by atoms with Crippen LogP contribution in [0.5, 0.6) is 0 Å². The lowest BCUT2D eigenvalue weighted by atomic mass is 10.2. The predicted octanol–water partition coefficient (Wildman–Crippen LogP) is 2.77. The van der Waals surface area contributed by atoms with Crippen LogP contribution in [0.2, 0.25) is 0 Å². The van der Waals surface area contributed by atoms with E-state index in [9.17, 15) is 0 Å². The summed E-state index contributed by atoms with van der Waals surface area (Å²) in [6.45, 7) is 4.29. The van der Waals surface area contributed by atoms with Gasteiger partial charge in [-0.25, -0.2) is 0 Å².